The van der Waals surface area contributed by atoms with Gasteiger partial charge in [-0.2, -0.15) is 5.26 Å². The third kappa shape index (κ3) is 3.82. The maximum atomic E-state index is 11.8. The van der Waals surface area contributed by atoms with Crippen LogP contribution in [0.5, 0.6) is 0 Å². The molecule has 0 aromatic carbocycles. The number of hydrogen-bond acceptors (Lipinski definition) is 5. The summed E-state index contributed by atoms with van der Waals surface area (Å²) in [5, 5.41) is 11.9. The maximum absolute atomic E-state index is 11.8. The number of aromatic nitrogens is 1. The van der Waals surface area contributed by atoms with Crippen LogP contribution in [-0.4, -0.2) is 24.1 Å². The smallest absolute Gasteiger partial charge is 0.309 e. The fourth-order valence-electron chi connectivity index (χ4n) is 2.08. The van der Waals surface area contributed by atoms with Gasteiger partial charge in [0.25, 0.3) is 0 Å². The summed E-state index contributed by atoms with van der Waals surface area (Å²) in [6.45, 7) is 0.723. The average Bonchev–Trinajstić information content (AvgIpc) is 2.52. The minimum atomic E-state index is -0.141. The van der Waals surface area contributed by atoms with Gasteiger partial charge in [-0.05, 0) is 31.4 Å². The zero-order chi connectivity index (χ0) is 14.2. The lowest BCUT2D eigenvalue weighted by Gasteiger charge is -2.16. The number of nitrogens with zero attached hydrogens (tertiary/aromatic N) is 2. The number of ether oxygens (including phenoxy) is 1. The number of nitriles is 1. The average molecular weight is 271 g/mol. The van der Waals surface area contributed by atoms with Crippen LogP contribution in [0, 0.1) is 17.2 Å². The van der Waals surface area contributed by atoms with Crippen molar-refractivity contribution in [3.63, 3.8) is 0 Å². The van der Waals surface area contributed by atoms with Gasteiger partial charge in [0.15, 0.2) is 0 Å². The molecule has 0 spiro atoms. The first-order valence-corrected chi connectivity index (χ1v) is 6.72. The molecule has 0 saturated carbocycles. The van der Waals surface area contributed by atoms with E-state index in [1.54, 1.807) is 18.3 Å². The highest BCUT2D eigenvalue weighted by atomic mass is 16.5. The van der Waals surface area contributed by atoms with E-state index in [9.17, 15) is 4.79 Å². The minimum absolute atomic E-state index is 0.00970. The molecule has 0 bridgehead atoms. The van der Waals surface area contributed by atoms with Gasteiger partial charge in [0.1, 0.15) is 18.5 Å². The van der Waals surface area contributed by atoms with E-state index in [2.05, 4.69) is 22.4 Å². The van der Waals surface area contributed by atoms with Gasteiger partial charge in [-0.25, -0.2) is 4.98 Å². The number of anilines is 1. The summed E-state index contributed by atoms with van der Waals surface area (Å²) in [7, 11) is 0. The molecule has 0 radical (unpaired) electrons. The van der Waals surface area contributed by atoms with E-state index in [-0.39, 0.29) is 18.5 Å². The van der Waals surface area contributed by atoms with Crippen LogP contribution in [0.2, 0.25) is 0 Å². The Hall–Kier alpha value is -2.35. The second-order valence-electron chi connectivity index (χ2n) is 4.59. The number of allylic oxidation sites excluding steroid dienone is 2. The van der Waals surface area contributed by atoms with Gasteiger partial charge in [0, 0.05) is 6.20 Å². The number of carbonyl (C=O) groups is 1. The van der Waals surface area contributed by atoms with E-state index in [1.165, 1.54) is 0 Å². The fraction of sp³-hybridized carbons (Fsp3) is 0.400. The topological polar surface area (TPSA) is 75.0 Å². The van der Waals surface area contributed by atoms with Gasteiger partial charge >= 0.3 is 5.97 Å². The molecule has 1 aromatic rings. The Labute approximate surface area is 118 Å². The van der Waals surface area contributed by atoms with E-state index < -0.39 is 0 Å². The van der Waals surface area contributed by atoms with Crippen LogP contribution in [-0.2, 0) is 9.53 Å². The Balaban J connectivity index is 1.72. The third-order valence-corrected chi connectivity index (χ3v) is 3.17. The summed E-state index contributed by atoms with van der Waals surface area (Å²) in [6.07, 6.45) is 8.31. The number of rotatable bonds is 5. The fourth-order valence-corrected chi connectivity index (χ4v) is 2.08. The zero-order valence-corrected chi connectivity index (χ0v) is 11.2. The second kappa shape index (κ2) is 7.29. The summed E-state index contributed by atoms with van der Waals surface area (Å²) in [6, 6.07) is 5.46. The van der Waals surface area contributed by atoms with Crippen LogP contribution in [0.3, 0.4) is 0 Å². The molecule has 1 aliphatic carbocycles. The molecule has 1 N–H and O–H groups in total. The van der Waals surface area contributed by atoms with Crippen molar-refractivity contribution in [3.05, 3.63) is 36.0 Å². The number of nitrogens with one attached hydrogen (secondary N) is 1. The summed E-state index contributed by atoms with van der Waals surface area (Å²) in [5.41, 5.74) is 0.483. The molecule has 0 aliphatic heterocycles. The quantitative estimate of drug-likeness (QED) is 0.505. The van der Waals surface area contributed by atoms with Crippen molar-refractivity contribution in [2.24, 2.45) is 5.92 Å². The van der Waals surface area contributed by atoms with E-state index in [0.29, 0.717) is 17.9 Å². The highest BCUT2D eigenvalue weighted by Gasteiger charge is 2.19. The van der Waals surface area contributed by atoms with Crippen molar-refractivity contribution in [3.8, 4) is 6.07 Å². The molecule has 0 fully saturated rings. The molecule has 0 saturated heterocycles. The Morgan fingerprint density at radius 2 is 2.45 bits per heavy atom. The van der Waals surface area contributed by atoms with E-state index in [0.717, 1.165) is 19.3 Å². The summed E-state index contributed by atoms with van der Waals surface area (Å²) in [4.78, 5) is 15.9. The number of carbonyl (C=O) groups excluding carboxylic acids is 1. The molecule has 1 heterocycles. The standard InChI is InChI=1S/C15H17N3O2/c16-11-13-7-4-8-17-14(13)18-9-10-20-15(19)12-5-2-1-3-6-12/h1-2,4,7-8,12H,3,5-6,9-10H2,(H,17,18)/t12-/m0/s1. The molecule has 5 nitrogen and oxygen atoms in total. The van der Waals surface area contributed by atoms with Crippen LogP contribution in [0.1, 0.15) is 24.8 Å². The van der Waals surface area contributed by atoms with Crippen molar-refractivity contribution >= 4 is 11.8 Å². The Morgan fingerprint density at radius 3 is 3.20 bits per heavy atom. The van der Waals surface area contributed by atoms with Gasteiger partial charge in [-0.15, -0.1) is 0 Å². The minimum Gasteiger partial charge on any atom is -0.464 e. The van der Waals surface area contributed by atoms with Crippen LogP contribution >= 0.6 is 0 Å². The highest BCUT2D eigenvalue weighted by Crippen LogP contribution is 2.19. The lowest BCUT2D eigenvalue weighted by molar-refractivity contribution is -0.148. The molecule has 0 amide bonds. The predicted octanol–water partition coefficient (Wildman–Crippen LogP) is 2.26. The molecular formula is C15H17N3O2. The van der Waals surface area contributed by atoms with Crippen LogP contribution in [0.15, 0.2) is 30.5 Å². The van der Waals surface area contributed by atoms with Crippen LogP contribution in [0.25, 0.3) is 0 Å². The van der Waals surface area contributed by atoms with Crippen molar-refractivity contribution in [2.45, 2.75) is 19.3 Å². The largest absolute Gasteiger partial charge is 0.464 e. The molecule has 0 unspecified atom stereocenters. The van der Waals surface area contributed by atoms with Crippen molar-refractivity contribution < 1.29 is 9.53 Å². The molecular weight excluding hydrogens is 254 g/mol. The third-order valence-electron chi connectivity index (χ3n) is 3.17. The van der Waals surface area contributed by atoms with Gasteiger partial charge in [0.05, 0.1) is 18.0 Å². The Morgan fingerprint density at radius 1 is 1.55 bits per heavy atom. The van der Waals surface area contributed by atoms with Gasteiger partial charge < -0.3 is 10.1 Å². The van der Waals surface area contributed by atoms with E-state index in [1.807, 2.05) is 6.08 Å². The summed E-state index contributed by atoms with van der Waals surface area (Å²) >= 11 is 0. The van der Waals surface area contributed by atoms with Crippen LogP contribution < -0.4 is 5.32 Å². The van der Waals surface area contributed by atoms with Gasteiger partial charge in [-0.1, -0.05) is 12.2 Å². The lowest BCUT2D eigenvalue weighted by Crippen LogP contribution is -2.22. The first kappa shape index (κ1) is 14.1. The molecule has 1 aromatic heterocycles. The maximum Gasteiger partial charge on any atom is 0.309 e. The predicted molar refractivity (Wildman–Crippen MR) is 74.9 cm³/mol. The monoisotopic (exact) mass is 271 g/mol. The van der Waals surface area contributed by atoms with Crippen molar-refractivity contribution in [1.29, 1.82) is 5.26 Å². The Bertz CT molecular complexity index is 534. The number of esters is 1. The number of hydrogen-bond donors (Lipinski definition) is 1. The highest BCUT2D eigenvalue weighted by molar-refractivity contribution is 5.72. The lowest BCUT2D eigenvalue weighted by atomic mass is 9.95. The van der Waals surface area contributed by atoms with E-state index in [4.69, 9.17) is 10.00 Å². The SMILES string of the molecule is N#Cc1cccnc1NCCOC(=O)[C@H]1CC=CCC1. The summed E-state index contributed by atoms with van der Waals surface area (Å²) in [5.74, 6) is 0.369. The van der Waals surface area contributed by atoms with Gasteiger partial charge in [-0.3, -0.25) is 4.79 Å². The van der Waals surface area contributed by atoms with E-state index >= 15 is 0 Å². The van der Waals surface area contributed by atoms with Crippen molar-refractivity contribution in [1.82, 2.24) is 4.98 Å². The molecule has 5 heteroatoms. The molecule has 2 rings (SSSR count). The first-order chi connectivity index (χ1) is 9.81. The first-order valence-electron chi connectivity index (χ1n) is 6.72. The Kier molecular flexibility index (Phi) is 5.13. The second-order valence-corrected chi connectivity index (χ2v) is 4.59. The van der Waals surface area contributed by atoms with Crippen molar-refractivity contribution in [2.75, 3.05) is 18.5 Å². The normalized spacial score (nSPS) is 17.2. The van der Waals surface area contributed by atoms with Crippen LogP contribution in [0.4, 0.5) is 5.82 Å². The van der Waals surface area contributed by atoms with Gasteiger partial charge in [0.2, 0.25) is 0 Å². The molecule has 104 valence electrons. The summed E-state index contributed by atoms with van der Waals surface area (Å²) < 4.78 is 5.23. The molecule has 1 aliphatic rings. The molecule has 1 atom stereocenters. The molecule has 20 heavy (non-hydrogen) atoms. The zero-order valence-electron chi connectivity index (χ0n) is 11.2. The number of pyridine rings is 1.